The largest absolute Gasteiger partial charge is 0.449 e. The Balaban J connectivity index is 2.21. The SMILES string of the molecule is CC(C)CC1C(=O)NC(C(=O)NCC(=O)N2CCOCC2)CCCCN(C)C(=O)OCCC[C@@H]1C(=O)NO. The first-order chi connectivity index (χ1) is 18.1. The van der Waals surface area contributed by atoms with E-state index in [0.717, 1.165) is 0 Å². The highest BCUT2D eigenvalue weighted by atomic mass is 16.6. The molecule has 0 aliphatic carbocycles. The topological polar surface area (TPSA) is 167 Å². The molecule has 0 saturated carbocycles. The molecule has 0 aromatic carbocycles. The molecule has 216 valence electrons. The van der Waals surface area contributed by atoms with Crippen LogP contribution in [0, 0.1) is 17.8 Å². The zero-order valence-corrected chi connectivity index (χ0v) is 22.7. The number of carbonyl (C=O) groups is 5. The van der Waals surface area contributed by atoms with Crippen LogP contribution in [0.1, 0.15) is 52.4 Å². The van der Waals surface area contributed by atoms with Gasteiger partial charge in [0.15, 0.2) is 0 Å². The van der Waals surface area contributed by atoms with Crippen molar-refractivity contribution in [2.75, 3.05) is 53.0 Å². The van der Waals surface area contributed by atoms with Crippen LogP contribution in [0.4, 0.5) is 4.79 Å². The van der Waals surface area contributed by atoms with Crippen LogP contribution in [0.5, 0.6) is 0 Å². The van der Waals surface area contributed by atoms with Crippen molar-refractivity contribution in [1.82, 2.24) is 25.9 Å². The van der Waals surface area contributed by atoms with Gasteiger partial charge in [0.1, 0.15) is 6.04 Å². The summed E-state index contributed by atoms with van der Waals surface area (Å²) in [6, 6.07) is -0.935. The van der Waals surface area contributed by atoms with E-state index in [4.69, 9.17) is 9.47 Å². The van der Waals surface area contributed by atoms with Crippen molar-refractivity contribution in [3.63, 3.8) is 0 Å². The Morgan fingerprint density at radius 2 is 1.74 bits per heavy atom. The second-order valence-corrected chi connectivity index (χ2v) is 10.3. The monoisotopic (exact) mass is 541 g/mol. The number of rotatable bonds is 6. The van der Waals surface area contributed by atoms with Gasteiger partial charge in [-0.2, -0.15) is 0 Å². The number of hydroxylamine groups is 1. The number of morpholine rings is 1. The number of nitrogens with one attached hydrogen (secondary N) is 3. The zero-order valence-electron chi connectivity index (χ0n) is 22.7. The highest BCUT2D eigenvalue weighted by Gasteiger charge is 2.36. The van der Waals surface area contributed by atoms with Gasteiger partial charge in [-0.05, 0) is 44.4 Å². The predicted molar refractivity (Wildman–Crippen MR) is 136 cm³/mol. The van der Waals surface area contributed by atoms with Crippen LogP contribution in [0.15, 0.2) is 0 Å². The molecule has 2 aliphatic rings. The predicted octanol–water partition coefficient (Wildman–Crippen LogP) is 0.263. The molecule has 13 heteroatoms. The van der Waals surface area contributed by atoms with Gasteiger partial charge < -0.3 is 29.9 Å². The Hall–Kier alpha value is -2.93. The fraction of sp³-hybridized carbons (Fsp3) is 0.800. The number of hydrogen-bond donors (Lipinski definition) is 4. The minimum atomic E-state index is -0.935. The second-order valence-electron chi connectivity index (χ2n) is 10.3. The van der Waals surface area contributed by atoms with Crippen LogP contribution in [0.2, 0.25) is 0 Å². The summed E-state index contributed by atoms with van der Waals surface area (Å²) in [6.45, 7) is 5.89. The quantitative estimate of drug-likeness (QED) is 0.274. The Bertz CT molecular complexity index is 818. The van der Waals surface area contributed by atoms with Gasteiger partial charge in [-0.1, -0.05) is 13.8 Å². The van der Waals surface area contributed by atoms with Gasteiger partial charge in [0.25, 0.3) is 0 Å². The lowest BCUT2D eigenvalue weighted by molar-refractivity contribution is -0.142. The second kappa shape index (κ2) is 16.1. The van der Waals surface area contributed by atoms with Crippen molar-refractivity contribution in [2.24, 2.45) is 17.8 Å². The summed E-state index contributed by atoms with van der Waals surface area (Å²) in [5.74, 6) is -3.59. The molecule has 5 amide bonds. The number of ether oxygens (including phenoxy) is 2. The van der Waals surface area contributed by atoms with Crippen LogP contribution in [0.25, 0.3) is 0 Å². The maximum atomic E-state index is 13.5. The highest BCUT2D eigenvalue weighted by Crippen LogP contribution is 2.26. The zero-order chi connectivity index (χ0) is 28.1. The molecule has 0 radical (unpaired) electrons. The van der Waals surface area contributed by atoms with Crippen LogP contribution >= 0.6 is 0 Å². The molecule has 2 fully saturated rings. The van der Waals surface area contributed by atoms with Gasteiger partial charge in [0.2, 0.25) is 23.6 Å². The van der Waals surface area contributed by atoms with E-state index in [1.165, 1.54) is 4.90 Å². The van der Waals surface area contributed by atoms with Crippen LogP contribution < -0.4 is 16.1 Å². The van der Waals surface area contributed by atoms with Gasteiger partial charge in [-0.25, -0.2) is 10.3 Å². The van der Waals surface area contributed by atoms with E-state index in [0.29, 0.717) is 58.5 Å². The molecule has 0 spiro atoms. The normalized spacial score (nSPS) is 24.5. The molecule has 13 nitrogen and oxygen atoms in total. The molecule has 38 heavy (non-hydrogen) atoms. The van der Waals surface area contributed by atoms with Crippen LogP contribution in [0.3, 0.4) is 0 Å². The molecule has 0 aromatic heterocycles. The molecule has 2 rings (SSSR count). The summed E-state index contributed by atoms with van der Waals surface area (Å²) in [6.07, 6.45) is 1.72. The molecule has 2 aliphatic heterocycles. The third-order valence-electron chi connectivity index (χ3n) is 6.84. The van der Waals surface area contributed by atoms with E-state index in [1.54, 1.807) is 17.4 Å². The molecule has 2 unspecified atom stereocenters. The Labute approximate surface area is 223 Å². The molecule has 0 aromatic rings. The van der Waals surface area contributed by atoms with E-state index < -0.39 is 41.7 Å². The van der Waals surface area contributed by atoms with Gasteiger partial charge in [-0.3, -0.25) is 24.4 Å². The lowest BCUT2D eigenvalue weighted by atomic mass is 9.81. The molecular formula is C25H43N5O8. The lowest BCUT2D eigenvalue weighted by Gasteiger charge is -2.29. The average molecular weight is 542 g/mol. The summed E-state index contributed by atoms with van der Waals surface area (Å²) in [7, 11) is 1.62. The summed E-state index contributed by atoms with van der Waals surface area (Å²) >= 11 is 0. The maximum Gasteiger partial charge on any atom is 0.409 e. The van der Waals surface area contributed by atoms with E-state index in [9.17, 15) is 29.2 Å². The highest BCUT2D eigenvalue weighted by molar-refractivity contribution is 5.92. The van der Waals surface area contributed by atoms with Gasteiger partial charge in [0.05, 0.1) is 32.3 Å². The molecular weight excluding hydrogens is 498 g/mol. The van der Waals surface area contributed by atoms with Crippen LogP contribution in [-0.4, -0.2) is 104 Å². The number of nitrogens with zero attached hydrogens (tertiary/aromatic N) is 2. The van der Waals surface area contributed by atoms with Crippen molar-refractivity contribution >= 4 is 29.7 Å². The first-order valence-electron chi connectivity index (χ1n) is 13.4. The Morgan fingerprint density at radius 1 is 1.03 bits per heavy atom. The smallest absolute Gasteiger partial charge is 0.409 e. The van der Waals surface area contributed by atoms with Crippen molar-refractivity contribution in [3.8, 4) is 0 Å². The van der Waals surface area contributed by atoms with Gasteiger partial charge >= 0.3 is 6.09 Å². The maximum absolute atomic E-state index is 13.5. The fourth-order valence-electron chi connectivity index (χ4n) is 4.68. The third-order valence-corrected chi connectivity index (χ3v) is 6.84. The van der Waals surface area contributed by atoms with Gasteiger partial charge in [0, 0.05) is 32.6 Å². The summed E-state index contributed by atoms with van der Waals surface area (Å²) in [5.41, 5.74) is 1.65. The van der Waals surface area contributed by atoms with Crippen molar-refractivity contribution in [1.29, 1.82) is 0 Å². The minimum Gasteiger partial charge on any atom is -0.449 e. The molecule has 2 saturated heterocycles. The Kier molecular flexibility index (Phi) is 13.3. The summed E-state index contributed by atoms with van der Waals surface area (Å²) < 4.78 is 10.5. The number of hydrogen-bond acceptors (Lipinski definition) is 8. The minimum absolute atomic E-state index is 0.0479. The van der Waals surface area contributed by atoms with Gasteiger partial charge in [-0.15, -0.1) is 0 Å². The van der Waals surface area contributed by atoms with E-state index in [2.05, 4.69) is 10.6 Å². The fourth-order valence-corrected chi connectivity index (χ4v) is 4.68. The molecule has 4 N–H and O–H groups in total. The van der Waals surface area contributed by atoms with E-state index >= 15 is 0 Å². The summed E-state index contributed by atoms with van der Waals surface area (Å²) in [4.78, 5) is 67.0. The Morgan fingerprint density at radius 3 is 2.39 bits per heavy atom. The number of carbonyl (C=O) groups excluding carboxylic acids is 5. The van der Waals surface area contributed by atoms with Crippen molar-refractivity contribution < 1.29 is 38.7 Å². The third kappa shape index (κ3) is 10.1. The first kappa shape index (κ1) is 31.3. The molecule has 3 atom stereocenters. The number of amides is 5. The van der Waals surface area contributed by atoms with E-state index in [1.807, 2.05) is 13.8 Å². The number of cyclic esters (lactones) is 1. The molecule has 0 bridgehead atoms. The lowest BCUT2D eigenvalue weighted by Crippen LogP contribution is -2.53. The first-order valence-corrected chi connectivity index (χ1v) is 13.4. The van der Waals surface area contributed by atoms with E-state index in [-0.39, 0.29) is 37.8 Å². The van der Waals surface area contributed by atoms with Crippen molar-refractivity contribution in [3.05, 3.63) is 0 Å². The molecule has 2 heterocycles. The summed E-state index contributed by atoms with van der Waals surface area (Å²) in [5, 5.41) is 14.8. The average Bonchev–Trinajstić information content (AvgIpc) is 2.91. The van der Waals surface area contributed by atoms with Crippen LogP contribution in [-0.2, 0) is 28.7 Å². The standard InChI is InChI=1S/C25H43N5O8/c1-17(2)15-19-18(23(33)28-36)7-6-12-38-25(35)29(3)9-5-4-8-20(27-22(19)32)24(34)26-16-21(31)30-10-13-37-14-11-30/h17-20,36H,4-16H2,1-3H3,(H,26,34)(H,27,32)(H,28,33)/t18-,19?,20?/m0/s1. The van der Waals surface area contributed by atoms with Crippen molar-refractivity contribution in [2.45, 2.75) is 58.4 Å².